The van der Waals surface area contributed by atoms with E-state index in [1.54, 1.807) is 25.1 Å². The van der Waals surface area contributed by atoms with Crippen LogP contribution in [-0.2, 0) is 26.2 Å². The van der Waals surface area contributed by atoms with Gasteiger partial charge in [-0.1, -0.05) is 40.9 Å². The Labute approximate surface area is 227 Å². The minimum Gasteiger partial charge on any atom is -0.495 e. The molecule has 0 spiro atoms. The fraction of sp³-hybridized carbons (Fsp3) is 0.417. The first-order valence-electron chi connectivity index (χ1n) is 10.9. The van der Waals surface area contributed by atoms with Crippen LogP contribution in [-0.4, -0.2) is 56.6 Å². The van der Waals surface area contributed by atoms with Gasteiger partial charge in [-0.15, -0.1) is 0 Å². The number of sulfonamides is 1. The number of methoxy groups -OCH3 is 1. The van der Waals surface area contributed by atoms with Gasteiger partial charge in [-0.3, -0.25) is 13.9 Å². The van der Waals surface area contributed by atoms with E-state index < -0.39 is 40.0 Å². The smallest absolute Gasteiger partial charge is 0.244 e. The maximum absolute atomic E-state index is 13.6. The molecule has 0 aliphatic rings. The van der Waals surface area contributed by atoms with Crippen molar-refractivity contribution in [2.75, 3.05) is 24.2 Å². The van der Waals surface area contributed by atoms with Gasteiger partial charge in [0.15, 0.2) is 0 Å². The van der Waals surface area contributed by atoms with Crippen molar-refractivity contribution in [3.63, 3.8) is 0 Å². The lowest BCUT2D eigenvalue weighted by atomic mass is 10.1. The van der Waals surface area contributed by atoms with Gasteiger partial charge in [-0.2, -0.15) is 0 Å². The zero-order valence-corrected chi connectivity index (χ0v) is 24.0. The van der Waals surface area contributed by atoms with E-state index in [9.17, 15) is 18.0 Å². The van der Waals surface area contributed by atoms with Gasteiger partial charge in [-0.25, -0.2) is 8.42 Å². The fourth-order valence-electron chi connectivity index (χ4n) is 3.32. The molecule has 0 heterocycles. The number of halogens is 3. The lowest BCUT2D eigenvalue weighted by Gasteiger charge is -2.33. The monoisotopic (exact) mass is 577 g/mol. The second kappa shape index (κ2) is 11.9. The summed E-state index contributed by atoms with van der Waals surface area (Å²) >= 11 is 18.4. The molecule has 12 heteroatoms. The van der Waals surface area contributed by atoms with Gasteiger partial charge >= 0.3 is 0 Å². The number of benzene rings is 2. The van der Waals surface area contributed by atoms with Crippen LogP contribution in [0.2, 0.25) is 15.1 Å². The summed E-state index contributed by atoms with van der Waals surface area (Å²) in [6.07, 6.45) is 0.984. The highest BCUT2D eigenvalue weighted by Gasteiger charge is 2.31. The van der Waals surface area contributed by atoms with Gasteiger partial charge in [0.25, 0.3) is 0 Å². The number of carbonyl (C=O) groups excluding carboxylic acids is 2. The highest BCUT2D eigenvalue weighted by molar-refractivity contribution is 7.92. The van der Waals surface area contributed by atoms with Crippen molar-refractivity contribution in [1.82, 2.24) is 10.2 Å². The van der Waals surface area contributed by atoms with Gasteiger partial charge in [0.2, 0.25) is 21.8 Å². The Morgan fingerprint density at radius 1 is 1.03 bits per heavy atom. The average molecular weight is 579 g/mol. The Bertz CT molecular complexity index is 1230. The zero-order chi connectivity index (χ0) is 27.4. The molecule has 0 bridgehead atoms. The Morgan fingerprint density at radius 2 is 1.67 bits per heavy atom. The molecule has 1 unspecified atom stereocenters. The Hall–Kier alpha value is -2.20. The van der Waals surface area contributed by atoms with Crippen LogP contribution >= 0.6 is 34.8 Å². The SMILES string of the molecule is COc1ccc(N(CC(=O)N(Cc2ccc(Cl)c(Cl)c2)C(C)C(=O)NC(C)(C)C)S(C)(=O)=O)cc1Cl. The van der Waals surface area contributed by atoms with Crippen LogP contribution in [0.4, 0.5) is 5.69 Å². The third-order valence-electron chi connectivity index (χ3n) is 5.10. The highest BCUT2D eigenvalue weighted by Crippen LogP contribution is 2.30. The summed E-state index contributed by atoms with van der Waals surface area (Å²) in [5.74, 6) is -0.641. The second-order valence-corrected chi connectivity index (χ2v) is 12.4. The number of anilines is 1. The first-order valence-corrected chi connectivity index (χ1v) is 13.9. The van der Waals surface area contributed by atoms with Crippen LogP contribution in [0, 0.1) is 0 Å². The molecule has 36 heavy (non-hydrogen) atoms. The molecule has 2 aromatic carbocycles. The summed E-state index contributed by atoms with van der Waals surface area (Å²) in [4.78, 5) is 27.8. The van der Waals surface area contributed by atoms with Crippen LogP contribution < -0.4 is 14.4 Å². The molecule has 0 saturated carbocycles. The quantitative estimate of drug-likeness (QED) is 0.463. The zero-order valence-electron chi connectivity index (χ0n) is 20.9. The van der Waals surface area contributed by atoms with E-state index in [0.29, 0.717) is 21.4 Å². The van der Waals surface area contributed by atoms with Crippen LogP contribution in [0.25, 0.3) is 0 Å². The van der Waals surface area contributed by atoms with E-state index in [1.807, 2.05) is 20.8 Å². The number of nitrogens with one attached hydrogen (secondary N) is 1. The van der Waals surface area contributed by atoms with Crippen molar-refractivity contribution >= 4 is 62.3 Å². The molecule has 2 amide bonds. The van der Waals surface area contributed by atoms with Gasteiger partial charge in [0.05, 0.1) is 34.1 Å². The van der Waals surface area contributed by atoms with Crippen molar-refractivity contribution < 1.29 is 22.7 Å². The Kier molecular flexibility index (Phi) is 9.92. The number of hydrogen-bond donors (Lipinski definition) is 1. The van der Waals surface area contributed by atoms with Gasteiger partial charge < -0.3 is 15.0 Å². The number of nitrogens with zero attached hydrogens (tertiary/aromatic N) is 2. The summed E-state index contributed by atoms with van der Waals surface area (Å²) in [5.41, 5.74) is 0.256. The van der Waals surface area contributed by atoms with E-state index in [2.05, 4.69) is 5.32 Å². The summed E-state index contributed by atoms with van der Waals surface area (Å²) in [7, 11) is -2.46. The second-order valence-electron chi connectivity index (χ2n) is 9.27. The minimum absolute atomic E-state index is 0.00454. The van der Waals surface area contributed by atoms with Crippen LogP contribution in [0.3, 0.4) is 0 Å². The molecule has 2 rings (SSSR count). The summed E-state index contributed by atoms with van der Waals surface area (Å²) in [6.45, 7) is 6.47. The summed E-state index contributed by atoms with van der Waals surface area (Å²) < 4.78 is 31.4. The largest absolute Gasteiger partial charge is 0.495 e. The van der Waals surface area contributed by atoms with Crippen LogP contribution in [0.5, 0.6) is 5.75 Å². The van der Waals surface area contributed by atoms with E-state index >= 15 is 0 Å². The van der Waals surface area contributed by atoms with E-state index in [1.165, 1.54) is 30.2 Å². The fourth-order valence-corrected chi connectivity index (χ4v) is 4.73. The van der Waals surface area contributed by atoms with Crippen molar-refractivity contribution in [2.45, 2.75) is 45.8 Å². The molecule has 0 saturated heterocycles. The molecular formula is C24H30Cl3N3O5S. The molecular weight excluding hydrogens is 549 g/mol. The van der Waals surface area contributed by atoms with Crippen LogP contribution in [0.1, 0.15) is 33.3 Å². The Morgan fingerprint density at radius 3 is 2.17 bits per heavy atom. The number of ether oxygens (including phenoxy) is 1. The predicted octanol–water partition coefficient (Wildman–Crippen LogP) is 4.75. The highest BCUT2D eigenvalue weighted by atomic mass is 35.5. The van der Waals surface area contributed by atoms with Crippen LogP contribution in [0.15, 0.2) is 36.4 Å². The van der Waals surface area contributed by atoms with Crippen molar-refractivity contribution in [2.24, 2.45) is 0 Å². The maximum Gasteiger partial charge on any atom is 0.244 e. The molecule has 0 aromatic heterocycles. The van der Waals surface area contributed by atoms with Gasteiger partial charge in [0, 0.05) is 12.1 Å². The van der Waals surface area contributed by atoms with E-state index in [-0.39, 0.29) is 17.3 Å². The normalized spacial score (nSPS) is 12.6. The number of hydrogen-bond acceptors (Lipinski definition) is 5. The molecule has 0 aliphatic heterocycles. The third-order valence-corrected chi connectivity index (χ3v) is 7.28. The van der Waals surface area contributed by atoms with Crippen molar-refractivity contribution in [1.29, 1.82) is 0 Å². The Balaban J connectivity index is 2.46. The van der Waals surface area contributed by atoms with Gasteiger partial charge in [-0.05, 0) is 63.6 Å². The number of rotatable bonds is 9. The standard InChI is InChI=1S/C24H30Cl3N3O5S/c1-15(23(32)28-24(2,3)4)29(13-16-7-9-18(25)19(26)11-16)22(31)14-30(36(6,33)34)17-8-10-21(35-5)20(27)12-17/h7-12,15H,13-14H2,1-6H3,(H,28,32). The van der Waals surface area contributed by atoms with Crippen molar-refractivity contribution in [3.8, 4) is 5.75 Å². The van der Waals surface area contributed by atoms with Gasteiger partial charge in [0.1, 0.15) is 18.3 Å². The molecule has 2 aromatic rings. The molecule has 0 fully saturated rings. The molecule has 0 radical (unpaired) electrons. The lowest BCUT2D eigenvalue weighted by Crippen LogP contribution is -2.54. The first kappa shape index (κ1) is 30.0. The number of amides is 2. The third kappa shape index (κ3) is 8.16. The van der Waals surface area contributed by atoms with E-state index in [0.717, 1.165) is 10.6 Å². The first-order chi connectivity index (χ1) is 16.5. The van der Waals surface area contributed by atoms with E-state index in [4.69, 9.17) is 39.5 Å². The molecule has 198 valence electrons. The number of carbonyl (C=O) groups is 2. The maximum atomic E-state index is 13.6. The summed E-state index contributed by atoms with van der Waals surface area (Å²) in [6, 6.07) is 8.33. The predicted molar refractivity (Wildman–Crippen MR) is 145 cm³/mol. The topological polar surface area (TPSA) is 96.0 Å². The molecule has 0 aliphatic carbocycles. The molecule has 8 nitrogen and oxygen atoms in total. The average Bonchev–Trinajstić information content (AvgIpc) is 2.75. The molecule has 1 atom stereocenters. The van der Waals surface area contributed by atoms with Crippen molar-refractivity contribution in [3.05, 3.63) is 57.0 Å². The minimum atomic E-state index is -3.90. The summed E-state index contributed by atoms with van der Waals surface area (Å²) in [5, 5.41) is 3.67. The lowest BCUT2D eigenvalue weighted by molar-refractivity contribution is -0.140. The molecule has 1 N–H and O–H groups in total.